The van der Waals surface area contributed by atoms with E-state index in [0.29, 0.717) is 157 Å². The summed E-state index contributed by atoms with van der Waals surface area (Å²) in [6, 6.07) is 0. The van der Waals surface area contributed by atoms with Gasteiger partial charge in [-0.2, -0.15) is 0 Å². The van der Waals surface area contributed by atoms with Crippen LogP contribution in [-0.2, 0) is 75.9 Å². The molecule has 0 atom stereocenters. The summed E-state index contributed by atoms with van der Waals surface area (Å²) in [5, 5.41) is 0. The van der Waals surface area contributed by atoms with Gasteiger partial charge in [-0.25, -0.2) is 9.59 Å². The van der Waals surface area contributed by atoms with Gasteiger partial charge in [0.1, 0.15) is 13.2 Å². The minimum absolute atomic E-state index is 0.193. The maximum Gasteiger partial charge on any atom is 0.330 e. The van der Waals surface area contributed by atoms with E-state index in [2.05, 4.69) is 40.9 Å². The van der Waals surface area contributed by atoms with Crippen molar-refractivity contribution in [2.24, 2.45) is 17.3 Å². The van der Waals surface area contributed by atoms with E-state index in [1.54, 1.807) is 0 Å². The van der Waals surface area contributed by atoms with Crippen LogP contribution in [0.5, 0.6) is 0 Å². The largest absolute Gasteiger partial charge is 0.460 e. The topological polar surface area (TPSA) is 163 Å². The number of esters is 2. The SMILES string of the molecule is C=CC(=O)OCCOCCOCCOCCOCCOCCOC1(C(C)(C)C2(OCCOCCOCCOCCOCCOCCOC(=O)C=C)CCC(C)CC2)CCC(C)CC1. The first-order chi connectivity index (χ1) is 30.6. The van der Waals surface area contributed by atoms with Gasteiger partial charge in [0.25, 0.3) is 0 Å². The van der Waals surface area contributed by atoms with E-state index in [1.165, 1.54) is 0 Å². The number of rotatable bonds is 42. The minimum atomic E-state index is -0.460. The Morgan fingerprint density at radius 2 is 0.619 bits per heavy atom. The Morgan fingerprint density at radius 1 is 0.413 bits per heavy atom. The highest BCUT2D eigenvalue weighted by Crippen LogP contribution is 2.57. The van der Waals surface area contributed by atoms with Crippen molar-refractivity contribution in [2.75, 3.05) is 159 Å². The van der Waals surface area contributed by atoms with Crippen molar-refractivity contribution < 1.29 is 75.9 Å². The number of carbonyl (C=O) groups is 2. The van der Waals surface area contributed by atoms with Crippen LogP contribution in [0.1, 0.15) is 79.1 Å². The maximum atomic E-state index is 11.0. The van der Waals surface area contributed by atoms with Crippen LogP contribution in [0.2, 0.25) is 0 Å². The molecule has 2 saturated carbocycles. The summed E-state index contributed by atoms with van der Waals surface area (Å²) in [6.07, 6.45) is 10.8. The molecular weight excluding hydrogens is 821 g/mol. The highest BCUT2D eigenvalue weighted by atomic mass is 16.6. The van der Waals surface area contributed by atoms with Gasteiger partial charge in [0, 0.05) is 17.6 Å². The Balaban J connectivity index is 1.60. The third-order valence-electron chi connectivity index (χ3n) is 11.9. The number of carbonyl (C=O) groups excluding carboxylic acids is 2. The van der Waals surface area contributed by atoms with Crippen molar-refractivity contribution in [1.82, 2.24) is 0 Å². The summed E-state index contributed by atoms with van der Waals surface area (Å²) in [5.41, 5.74) is -0.841. The molecule has 0 aromatic heterocycles. The molecule has 0 saturated heterocycles. The lowest BCUT2D eigenvalue weighted by atomic mass is 9.54. The average molecular weight is 905 g/mol. The van der Waals surface area contributed by atoms with Crippen molar-refractivity contribution in [3.8, 4) is 0 Å². The van der Waals surface area contributed by atoms with Crippen LogP contribution in [0.25, 0.3) is 0 Å². The van der Waals surface area contributed by atoms with E-state index in [4.69, 9.17) is 66.3 Å². The lowest BCUT2D eigenvalue weighted by Gasteiger charge is -2.60. The fourth-order valence-corrected chi connectivity index (χ4v) is 7.85. The van der Waals surface area contributed by atoms with Crippen LogP contribution < -0.4 is 0 Å². The van der Waals surface area contributed by atoms with Gasteiger partial charge in [-0.1, -0.05) is 40.9 Å². The first-order valence-electron chi connectivity index (χ1n) is 23.2. The second-order valence-corrected chi connectivity index (χ2v) is 16.5. The fraction of sp³-hybridized carbons (Fsp3) is 0.872. The van der Waals surface area contributed by atoms with Crippen molar-refractivity contribution in [1.29, 1.82) is 0 Å². The molecule has 0 amide bonds. The molecule has 2 fully saturated rings. The molecule has 16 heteroatoms. The van der Waals surface area contributed by atoms with Crippen molar-refractivity contribution in [3.63, 3.8) is 0 Å². The highest BCUT2D eigenvalue weighted by molar-refractivity contribution is 5.81. The molecule has 2 rings (SSSR count). The minimum Gasteiger partial charge on any atom is -0.460 e. The first kappa shape index (κ1) is 57.1. The Hall–Kier alpha value is -2.06. The van der Waals surface area contributed by atoms with Gasteiger partial charge in [0.15, 0.2) is 0 Å². The second-order valence-electron chi connectivity index (χ2n) is 16.5. The number of hydrogen-bond donors (Lipinski definition) is 0. The van der Waals surface area contributed by atoms with E-state index < -0.39 is 11.9 Å². The van der Waals surface area contributed by atoms with Crippen LogP contribution in [-0.4, -0.2) is 182 Å². The predicted molar refractivity (Wildman–Crippen MR) is 237 cm³/mol. The monoisotopic (exact) mass is 905 g/mol. The van der Waals surface area contributed by atoms with Crippen LogP contribution >= 0.6 is 0 Å². The van der Waals surface area contributed by atoms with Crippen molar-refractivity contribution >= 4 is 11.9 Å². The zero-order chi connectivity index (χ0) is 45.8. The van der Waals surface area contributed by atoms with Gasteiger partial charge < -0.3 is 66.3 Å². The summed E-state index contributed by atoms with van der Waals surface area (Å²) in [6.45, 7) is 26.7. The molecule has 0 heterocycles. The highest BCUT2D eigenvalue weighted by Gasteiger charge is 2.59. The zero-order valence-corrected chi connectivity index (χ0v) is 39.4. The number of ether oxygens (including phenoxy) is 14. The van der Waals surface area contributed by atoms with E-state index in [9.17, 15) is 9.59 Å². The summed E-state index contributed by atoms with van der Waals surface area (Å²) in [7, 11) is 0. The Labute approximate surface area is 378 Å². The van der Waals surface area contributed by atoms with Crippen LogP contribution in [0.3, 0.4) is 0 Å². The van der Waals surface area contributed by atoms with Gasteiger partial charge in [-0.15, -0.1) is 0 Å². The van der Waals surface area contributed by atoms with Crippen LogP contribution in [0, 0.1) is 17.3 Å². The molecule has 0 unspecified atom stereocenters. The molecule has 0 aromatic rings. The molecule has 368 valence electrons. The average Bonchev–Trinajstić information content (AvgIpc) is 3.28. The van der Waals surface area contributed by atoms with Crippen molar-refractivity contribution in [2.45, 2.75) is 90.3 Å². The zero-order valence-electron chi connectivity index (χ0n) is 39.4. The molecule has 2 aliphatic rings. The molecule has 2 aliphatic carbocycles. The molecule has 16 nitrogen and oxygen atoms in total. The normalized spacial score (nSPS) is 21.6. The summed E-state index contributed by atoms with van der Waals surface area (Å²) in [5.74, 6) is 0.443. The maximum absolute atomic E-state index is 11.0. The molecule has 0 aromatic carbocycles. The van der Waals surface area contributed by atoms with Gasteiger partial charge in [0.05, 0.1) is 157 Å². The molecule has 63 heavy (non-hydrogen) atoms. The standard InChI is InChI=1S/C47H84O16/c1-7-43(48)60-37-33-56-29-25-52-21-17-50-19-23-54-27-31-58-35-39-62-46(13-9-41(3)10-14-46)45(5,6)47(15-11-42(4)12-16-47)63-40-36-59-32-28-55-24-20-51-18-22-53-26-30-57-34-38-61-44(49)8-2/h7-8,41-42H,1-2,9-40H2,3-6H3. The van der Waals surface area contributed by atoms with Crippen molar-refractivity contribution in [3.05, 3.63) is 25.3 Å². The van der Waals surface area contributed by atoms with Gasteiger partial charge in [-0.3, -0.25) is 0 Å². The first-order valence-corrected chi connectivity index (χ1v) is 23.2. The third kappa shape index (κ3) is 24.9. The Kier molecular flexibility index (Phi) is 32.7. The summed E-state index contributed by atoms with van der Waals surface area (Å²) >= 11 is 0. The van der Waals surface area contributed by atoms with E-state index in [0.717, 1.165) is 63.5 Å². The van der Waals surface area contributed by atoms with Crippen LogP contribution in [0.15, 0.2) is 25.3 Å². The molecular formula is C47H84O16. The molecule has 0 bridgehead atoms. The lowest BCUT2D eigenvalue weighted by Crippen LogP contribution is -2.63. The summed E-state index contributed by atoms with van der Waals surface area (Å²) in [4.78, 5) is 21.9. The molecule has 0 N–H and O–H groups in total. The quantitative estimate of drug-likeness (QED) is 0.0424. The van der Waals surface area contributed by atoms with Gasteiger partial charge in [-0.05, 0) is 63.2 Å². The van der Waals surface area contributed by atoms with E-state index in [1.807, 2.05) is 0 Å². The van der Waals surface area contributed by atoms with Gasteiger partial charge >= 0.3 is 11.9 Å². The van der Waals surface area contributed by atoms with E-state index in [-0.39, 0.29) is 29.8 Å². The second kappa shape index (κ2) is 36.1. The Morgan fingerprint density at radius 3 is 0.841 bits per heavy atom. The third-order valence-corrected chi connectivity index (χ3v) is 11.9. The predicted octanol–water partition coefficient (Wildman–Crippen LogP) is 5.57. The lowest BCUT2D eigenvalue weighted by molar-refractivity contribution is -0.252. The van der Waals surface area contributed by atoms with Crippen LogP contribution in [0.4, 0.5) is 0 Å². The summed E-state index contributed by atoms with van der Waals surface area (Å²) < 4.78 is 79.7. The molecule has 0 aliphatic heterocycles. The van der Waals surface area contributed by atoms with Gasteiger partial charge in [0.2, 0.25) is 0 Å². The molecule has 0 radical (unpaired) electrons. The smallest absolute Gasteiger partial charge is 0.330 e. The van der Waals surface area contributed by atoms with E-state index >= 15 is 0 Å². The Bertz CT molecular complexity index is 1070. The fourth-order valence-electron chi connectivity index (χ4n) is 7.85. The molecule has 0 spiro atoms. The number of hydrogen-bond acceptors (Lipinski definition) is 16.